The van der Waals surface area contributed by atoms with Gasteiger partial charge in [-0.3, -0.25) is 9.59 Å². The first kappa shape index (κ1) is 19.2. The zero-order valence-corrected chi connectivity index (χ0v) is 16.3. The van der Waals surface area contributed by atoms with E-state index in [1.165, 1.54) is 18.6 Å². The summed E-state index contributed by atoms with van der Waals surface area (Å²) in [6, 6.07) is 3.77. The molecule has 1 aromatic carbocycles. The van der Waals surface area contributed by atoms with E-state index in [-0.39, 0.29) is 29.6 Å². The second-order valence-corrected chi connectivity index (χ2v) is 8.26. The zero-order valence-electron chi connectivity index (χ0n) is 16.3. The molecule has 0 bridgehead atoms. The van der Waals surface area contributed by atoms with Crippen molar-refractivity contribution in [1.82, 2.24) is 10.2 Å². The van der Waals surface area contributed by atoms with Gasteiger partial charge in [-0.05, 0) is 56.7 Å². The summed E-state index contributed by atoms with van der Waals surface area (Å²) in [6.45, 7) is 1.22. The number of rotatable bonds is 3. The van der Waals surface area contributed by atoms with E-state index in [9.17, 15) is 14.0 Å². The summed E-state index contributed by atoms with van der Waals surface area (Å²) in [4.78, 5) is 27.9. The average molecular weight is 388 g/mol. The van der Waals surface area contributed by atoms with Crippen molar-refractivity contribution in [2.45, 2.75) is 69.9 Å². The highest BCUT2D eigenvalue weighted by atomic mass is 19.1. The fourth-order valence-corrected chi connectivity index (χ4v) is 4.85. The number of carbonyl (C=O) groups excluding carboxylic acids is 2. The van der Waals surface area contributed by atoms with Crippen LogP contribution in [0.25, 0.3) is 0 Å². The molecule has 0 unspecified atom stereocenters. The van der Waals surface area contributed by atoms with Crippen LogP contribution in [-0.4, -0.2) is 35.9 Å². The van der Waals surface area contributed by atoms with Crippen molar-refractivity contribution in [1.29, 1.82) is 0 Å². The summed E-state index contributed by atoms with van der Waals surface area (Å²) < 4.78 is 19.5. The Bertz CT molecular complexity index is 732. The van der Waals surface area contributed by atoms with Crippen LogP contribution in [0.3, 0.4) is 0 Å². The van der Waals surface area contributed by atoms with Gasteiger partial charge in [0.15, 0.2) is 0 Å². The second-order valence-electron chi connectivity index (χ2n) is 8.26. The van der Waals surface area contributed by atoms with Gasteiger partial charge in [0.05, 0.1) is 12.6 Å². The Labute approximate surface area is 165 Å². The Hall–Kier alpha value is -2.11. The predicted octanol–water partition coefficient (Wildman–Crippen LogP) is 3.73. The van der Waals surface area contributed by atoms with Gasteiger partial charge in [0.25, 0.3) is 0 Å². The number of likely N-dealkylation sites (tertiary alicyclic amines) is 1. The van der Waals surface area contributed by atoms with Gasteiger partial charge in [0.2, 0.25) is 11.8 Å². The van der Waals surface area contributed by atoms with Crippen molar-refractivity contribution in [3.05, 3.63) is 29.6 Å². The van der Waals surface area contributed by atoms with Crippen LogP contribution in [0.15, 0.2) is 18.2 Å². The first-order valence-corrected chi connectivity index (χ1v) is 10.7. The van der Waals surface area contributed by atoms with E-state index < -0.39 is 6.04 Å². The molecule has 1 saturated carbocycles. The lowest BCUT2D eigenvalue weighted by atomic mass is 9.88. The van der Waals surface area contributed by atoms with Crippen LogP contribution in [0.5, 0.6) is 5.75 Å². The van der Waals surface area contributed by atoms with Gasteiger partial charge in [-0.25, -0.2) is 4.39 Å². The first-order valence-electron chi connectivity index (χ1n) is 10.7. The Kier molecular flexibility index (Phi) is 5.83. The predicted molar refractivity (Wildman–Crippen MR) is 103 cm³/mol. The molecule has 1 saturated heterocycles. The number of amides is 2. The van der Waals surface area contributed by atoms with Crippen LogP contribution in [0, 0.1) is 11.7 Å². The molecule has 1 aliphatic carbocycles. The molecule has 3 aliphatic rings. The van der Waals surface area contributed by atoms with Gasteiger partial charge in [-0.1, -0.05) is 19.3 Å². The molecule has 0 radical (unpaired) electrons. The fourth-order valence-electron chi connectivity index (χ4n) is 4.85. The largest absolute Gasteiger partial charge is 0.493 e. The second kappa shape index (κ2) is 8.50. The monoisotopic (exact) mass is 388 g/mol. The van der Waals surface area contributed by atoms with Gasteiger partial charge in [-0.15, -0.1) is 0 Å². The Morgan fingerprint density at radius 2 is 1.86 bits per heavy atom. The molecule has 6 heteroatoms. The Balaban J connectivity index is 1.47. The summed E-state index contributed by atoms with van der Waals surface area (Å²) in [7, 11) is 0. The van der Waals surface area contributed by atoms with Gasteiger partial charge in [0, 0.05) is 18.0 Å². The molecule has 1 aromatic rings. The zero-order chi connectivity index (χ0) is 19.5. The average Bonchev–Trinajstić information content (AvgIpc) is 3.13. The molecular formula is C22H29FN2O3. The SMILES string of the molecule is O=C(N[C@@H]1CCCOc2ccc(F)cc21)[C@H]1CCCN1C(=O)C1CCCCC1. The maximum atomic E-state index is 13.8. The third-order valence-corrected chi connectivity index (χ3v) is 6.35. The van der Waals surface area contributed by atoms with Crippen LogP contribution >= 0.6 is 0 Å². The molecule has 28 heavy (non-hydrogen) atoms. The van der Waals surface area contributed by atoms with E-state index in [1.54, 1.807) is 11.0 Å². The summed E-state index contributed by atoms with van der Waals surface area (Å²) in [5, 5.41) is 3.09. The number of carbonyl (C=O) groups is 2. The van der Waals surface area contributed by atoms with Crippen molar-refractivity contribution in [3.63, 3.8) is 0 Å². The lowest BCUT2D eigenvalue weighted by Crippen LogP contribution is -2.48. The topological polar surface area (TPSA) is 58.6 Å². The fraction of sp³-hybridized carbons (Fsp3) is 0.636. The van der Waals surface area contributed by atoms with Crippen molar-refractivity contribution >= 4 is 11.8 Å². The number of ether oxygens (including phenoxy) is 1. The van der Waals surface area contributed by atoms with Crippen molar-refractivity contribution in [3.8, 4) is 5.75 Å². The minimum Gasteiger partial charge on any atom is -0.493 e. The molecule has 152 valence electrons. The summed E-state index contributed by atoms with van der Waals surface area (Å²) in [5.41, 5.74) is 0.689. The Morgan fingerprint density at radius 1 is 1.04 bits per heavy atom. The molecule has 1 N–H and O–H groups in total. The van der Waals surface area contributed by atoms with Gasteiger partial charge >= 0.3 is 0 Å². The number of hydrogen-bond acceptors (Lipinski definition) is 3. The smallest absolute Gasteiger partial charge is 0.243 e. The highest BCUT2D eigenvalue weighted by molar-refractivity contribution is 5.89. The molecule has 2 fully saturated rings. The van der Waals surface area contributed by atoms with Gasteiger partial charge in [0.1, 0.15) is 17.6 Å². The summed E-state index contributed by atoms with van der Waals surface area (Å²) in [6.07, 6.45) is 8.33. The van der Waals surface area contributed by atoms with E-state index >= 15 is 0 Å². The minimum atomic E-state index is -0.407. The van der Waals surface area contributed by atoms with E-state index in [0.29, 0.717) is 37.3 Å². The van der Waals surface area contributed by atoms with Crippen LogP contribution in [0.4, 0.5) is 4.39 Å². The number of halogens is 1. The van der Waals surface area contributed by atoms with E-state index in [2.05, 4.69) is 5.32 Å². The van der Waals surface area contributed by atoms with E-state index in [1.807, 2.05) is 0 Å². The third-order valence-electron chi connectivity index (χ3n) is 6.35. The van der Waals surface area contributed by atoms with Crippen LogP contribution < -0.4 is 10.1 Å². The number of fused-ring (bicyclic) bond motifs is 1. The minimum absolute atomic E-state index is 0.0725. The molecular weight excluding hydrogens is 359 g/mol. The lowest BCUT2D eigenvalue weighted by molar-refractivity contribution is -0.142. The van der Waals surface area contributed by atoms with Crippen LogP contribution in [0.2, 0.25) is 0 Å². The van der Waals surface area contributed by atoms with Crippen molar-refractivity contribution in [2.24, 2.45) is 5.92 Å². The van der Waals surface area contributed by atoms with Crippen molar-refractivity contribution in [2.75, 3.05) is 13.2 Å². The number of nitrogens with zero attached hydrogens (tertiary/aromatic N) is 1. The van der Waals surface area contributed by atoms with Gasteiger partial charge < -0.3 is 15.0 Å². The molecule has 0 aromatic heterocycles. The highest BCUT2D eigenvalue weighted by Crippen LogP contribution is 2.33. The third kappa shape index (κ3) is 4.01. The molecule has 4 rings (SSSR count). The maximum Gasteiger partial charge on any atom is 0.243 e. The standard InChI is InChI=1S/C22H29FN2O3/c23-16-10-11-20-17(14-16)18(8-5-13-28-20)24-21(26)19-9-4-12-25(19)22(27)15-6-2-1-3-7-15/h10-11,14-15,18-19H,1-9,12-13H2,(H,24,26)/t18-,19-/m1/s1. The molecule has 2 aliphatic heterocycles. The molecule has 2 heterocycles. The molecule has 2 atom stereocenters. The number of benzene rings is 1. The Morgan fingerprint density at radius 3 is 2.68 bits per heavy atom. The normalized spacial score (nSPS) is 25.5. The maximum absolute atomic E-state index is 13.8. The molecule has 0 spiro atoms. The van der Waals surface area contributed by atoms with E-state index in [4.69, 9.17) is 4.74 Å². The van der Waals surface area contributed by atoms with Crippen LogP contribution in [0.1, 0.15) is 69.4 Å². The quantitative estimate of drug-likeness (QED) is 0.858. The number of nitrogens with one attached hydrogen (secondary N) is 1. The summed E-state index contributed by atoms with van der Waals surface area (Å²) in [5.74, 6) is 0.393. The van der Waals surface area contributed by atoms with Crippen molar-refractivity contribution < 1.29 is 18.7 Å². The molecule has 5 nitrogen and oxygen atoms in total. The summed E-state index contributed by atoms with van der Waals surface area (Å²) >= 11 is 0. The lowest BCUT2D eigenvalue weighted by Gasteiger charge is -2.31. The van der Waals surface area contributed by atoms with Crippen LogP contribution in [-0.2, 0) is 9.59 Å². The first-order chi connectivity index (χ1) is 13.6. The van der Waals surface area contributed by atoms with Gasteiger partial charge in [-0.2, -0.15) is 0 Å². The number of hydrogen-bond donors (Lipinski definition) is 1. The molecule has 2 amide bonds. The van der Waals surface area contributed by atoms with E-state index in [0.717, 1.165) is 38.5 Å². The highest BCUT2D eigenvalue weighted by Gasteiger charge is 2.38.